The summed E-state index contributed by atoms with van der Waals surface area (Å²) in [6, 6.07) is 17.5. The smallest absolute Gasteiger partial charge is 0.204 e. The fourth-order valence-corrected chi connectivity index (χ4v) is 3.23. The van der Waals surface area contributed by atoms with Gasteiger partial charge in [-0.3, -0.25) is 4.90 Å². The summed E-state index contributed by atoms with van der Waals surface area (Å²) in [6.07, 6.45) is 0. The molecule has 1 saturated heterocycles. The molecule has 2 aromatic carbocycles. The number of ether oxygens (including phenoxy) is 1. The van der Waals surface area contributed by atoms with E-state index in [1.165, 1.54) is 16.7 Å². The molecule has 0 unspecified atom stereocenters. The number of aromatic amines is 1. The van der Waals surface area contributed by atoms with E-state index in [1.807, 2.05) is 12.1 Å². The van der Waals surface area contributed by atoms with Crippen LogP contribution in [-0.2, 0) is 4.74 Å². The van der Waals surface area contributed by atoms with Gasteiger partial charge in [-0.15, -0.1) is 10.2 Å². The minimum atomic E-state index is 0.415. The van der Waals surface area contributed by atoms with Crippen LogP contribution in [0.2, 0.25) is 0 Å². The molecule has 0 saturated carbocycles. The number of hydrogen-bond donors (Lipinski definition) is 1. The number of nitrogens with one attached hydrogen (secondary N) is 1. The lowest BCUT2D eigenvalue weighted by molar-refractivity contribution is 0.0198. The van der Waals surface area contributed by atoms with Gasteiger partial charge in [-0.2, -0.15) is 5.21 Å². The standard InChI is InChI=1S/C19H21N5O/c1-14(24-10-12-25-13-11-24)15-2-4-16(5-3-15)17-6-8-18(9-7-17)19-20-22-23-21-19/h2-9,14H,10-13H2,1H3,(H,20,21,22,23)/t14-/m0/s1. The normalized spacial score (nSPS) is 16.7. The fraction of sp³-hybridized carbons (Fsp3) is 0.316. The summed E-state index contributed by atoms with van der Waals surface area (Å²) in [5.41, 5.74) is 4.68. The molecule has 0 spiro atoms. The molecule has 3 aromatic rings. The molecule has 1 fully saturated rings. The van der Waals surface area contributed by atoms with Gasteiger partial charge in [-0.05, 0) is 28.8 Å². The Balaban J connectivity index is 1.49. The highest BCUT2D eigenvalue weighted by molar-refractivity contribution is 5.67. The maximum atomic E-state index is 5.44. The Labute approximate surface area is 146 Å². The molecule has 128 valence electrons. The van der Waals surface area contributed by atoms with E-state index in [4.69, 9.17) is 4.74 Å². The molecule has 1 aliphatic heterocycles. The molecule has 1 atom stereocenters. The highest BCUT2D eigenvalue weighted by Gasteiger charge is 2.18. The van der Waals surface area contributed by atoms with Crippen LogP contribution in [0.5, 0.6) is 0 Å². The van der Waals surface area contributed by atoms with Crippen molar-refractivity contribution in [1.82, 2.24) is 25.5 Å². The first-order chi connectivity index (χ1) is 12.3. The first-order valence-electron chi connectivity index (χ1n) is 8.57. The Hall–Kier alpha value is -2.57. The number of hydrogen-bond acceptors (Lipinski definition) is 5. The number of H-pyrrole nitrogens is 1. The lowest BCUT2D eigenvalue weighted by Gasteiger charge is -2.32. The molecule has 6 heteroatoms. The zero-order valence-corrected chi connectivity index (χ0v) is 14.2. The van der Waals surface area contributed by atoms with Crippen molar-refractivity contribution in [1.29, 1.82) is 0 Å². The second kappa shape index (κ2) is 7.13. The Kier molecular flexibility index (Phi) is 4.54. The number of benzene rings is 2. The third-order valence-electron chi connectivity index (χ3n) is 4.81. The van der Waals surface area contributed by atoms with Gasteiger partial charge in [-0.25, -0.2) is 0 Å². The van der Waals surface area contributed by atoms with Gasteiger partial charge in [0, 0.05) is 24.7 Å². The highest BCUT2D eigenvalue weighted by atomic mass is 16.5. The van der Waals surface area contributed by atoms with Crippen molar-refractivity contribution in [2.75, 3.05) is 26.3 Å². The molecule has 0 bridgehead atoms. The summed E-state index contributed by atoms with van der Waals surface area (Å²) in [7, 11) is 0. The minimum Gasteiger partial charge on any atom is -0.379 e. The van der Waals surface area contributed by atoms with Gasteiger partial charge in [0.2, 0.25) is 5.82 Å². The molecular formula is C19H21N5O. The van der Waals surface area contributed by atoms with E-state index < -0.39 is 0 Å². The lowest BCUT2D eigenvalue weighted by Crippen LogP contribution is -2.37. The quantitative estimate of drug-likeness (QED) is 0.794. The summed E-state index contributed by atoms with van der Waals surface area (Å²) < 4.78 is 5.44. The van der Waals surface area contributed by atoms with E-state index in [1.54, 1.807) is 0 Å². The number of rotatable bonds is 4. The van der Waals surface area contributed by atoms with E-state index in [0.29, 0.717) is 11.9 Å². The summed E-state index contributed by atoms with van der Waals surface area (Å²) in [4.78, 5) is 2.47. The molecule has 1 aromatic heterocycles. The molecular weight excluding hydrogens is 314 g/mol. The van der Waals surface area contributed by atoms with Crippen molar-refractivity contribution < 1.29 is 4.74 Å². The topological polar surface area (TPSA) is 66.9 Å². The number of aromatic nitrogens is 4. The molecule has 4 rings (SSSR count). The minimum absolute atomic E-state index is 0.415. The van der Waals surface area contributed by atoms with Crippen molar-refractivity contribution >= 4 is 0 Å². The zero-order chi connectivity index (χ0) is 17.1. The Bertz CT molecular complexity index is 793. The largest absolute Gasteiger partial charge is 0.379 e. The van der Waals surface area contributed by atoms with Gasteiger partial charge < -0.3 is 4.74 Å². The number of tetrazole rings is 1. The van der Waals surface area contributed by atoms with Crippen molar-refractivity contribution in [2.24, 2.45) is 0 Å². The maximum Gasteiger partial charge on any atom is 0.204 e. The Morgan fingerprint density at radius 1 is 0.920 bits per heavy atom. The SMILES string of the molecule is C[C@@H](c1ccc(-c2ccc(-c3nn[nH]n3)cc2)cc1)N1CCOCC1. The van der Waals surface area contributed by atoms with E-state index in [0.717, 1.165) is 31.9 Å². The summed E-state index contributed by atoms with van der Waals surface area (Å²) in [5.74, 6) is 0.612. The summed E-state index contributed by atoms with van der Waals surface area (Å²) in [5, 5.41) is 14.1. The van der Waals surface area contributed by atoms with Crippen molar-refractivity contribution in [3.63, 3.8) is 0 Å². The van der Waals surface area contributed by atoms with E-state index in [-0.39, 0.29) is 0 Å². The van der Waals surface area contributed by atoms with Crippen LogP contribution in [0.1, 0.15) is 18.5 Å². The van der Waals surface area contributed by atoms with Gasteiger partial charge in [0.1, 0.15) is 0 Å². The van der Waals surface area contributed by atoms with Crippen LogP contribution in [0.15, 0.2) is 48.5 Å². The van der Waals surface area contributed by atoms with Gasteiger partial charge in [-0.1, -0.05) is 48.5 Å². The Morgan fingerprint density at radius 3 is 2.12 bits per heavy atom. The Morgan fingerprint density at radius 2 is 1.52 bits per heavy atom. The van der Waals surface area contributed by atoms with Crippen molar-refractivity contribution in [3.8, 4) is 22.5 Å². The molecule has 1 N–H and O–H groups in total. The monoisotopic (exact) mass is 335 g/mol. The second-order valence-corrected chi connectivity index (χ2v) is 6.26. The van der Waals surface area contributed by atoms with E-state index in [9.17, 15) is 0 Å². The average Bonchev–Trinajstić information content (AvgIpc) is 3.23. The summed E-state index contributed by atoms with van der Waals surface area (Å²) in [6.45, 7) is 5.92. The van der Waals surface area contributed by atoms with Crippen molar-refractivity contribution in [3.05, 3.63) is 54.1 Å². The molecule has 0 radical (unpaired) electrons. The molecule has 1 aliphatic rings. The lowest BCUT2D eigenvalue weighted by atomic mass is 9.99. The van der Waals surface area contributed by atoms with E-state index in [2.05, 4.69) is 68.8 Å². The third kappa shape index (κ3) is 3.45. The van der Waals surface area contributed by atoms with Crippen LogP contribution in [0, 0.1) is 0 Å². The highest BCUT2D eigenvalue weighted by Crippen LogP contribution is 2.26. The first-order valence-corrected chi connectivity index (χ1v) is 8.57. The molecule has 2 heterocycles. The van der Waals surface area contributed by atoms with Gasteiger partial charge >= 0.3 is 0 Å². The van der Waals surface area contributed by atoms with Gasteiger partial charge in [0.15, 0.2) is 0 Å². The van der Waals surface area contributed by atoms with Crippen LogP contribution in [0.3, 0.4) is 0 Å². The first kappa shape index (κ1) is 15.9. The molecule has 6 nitrogen and oxygen atoms in total. The predicted octanol–water partition coefficient (Wildman–Crippen LogP) is 2.93. The number of nitrogens with zero attached hydrogens (tertiary/aromatic N) is 4. The van der Waals surface area contributed by atoms with Crippen LogP contribution in [-0.4, -0.2) is 51.8 Å². The fourth-order valence-electron chi connectivity index (χ4n) is 3.23. The van der Waals surface area contributed by atoms with Gasteiger partial charge in [0.05, 0.1) is 13.2 Å². The average molecular weight is 335 g/mol. The molecule has 0 aliphatic carbocycles. The van der Waals surface area contributed by atoms with E-state index >= 15 is 0 Å². The van der Waals surface area contributed by atoms with Crippen LogP contribution in [0.4, 0.5) is 0 Å². The summed E-state index contributed by atoms with van der Waals surface area (Å²) >= 11 is 0. The number of morpholine rings is 1. The van der Waals surface area contributed by atoms with Crippen LogP contribution in [0.25, 0.3) is 22.5 Å². The predicted molar refractivity (Wildman–Crippen MR) is 95.9 cm³/mol. The van der Waals surface area contributed by atoms with Crippen molar-refractivity contribution in [2.45, 2.75) is 13.0 Å². The zero-order valence-electron chi connectivity index (χ0n) is 14.2. The third-order valence-corrected chi connectivity index (χ3v) is 4.81. The maximum absolute atomic E-state index is 5.44. The van der Waals surface area contributed by atoms with Gasteiger partial charge in [0.25, 0.3) is 0 Å². The second-order valence-electron chi connectivity index (χ2n) is 6.26. The molecule has 0 amide bonds. The van der Waals surface area contributed by atoms with Crippen LogP contribution < -0.4 is 0 Å². The van der Waals surface area contributed by atoms with Crippen LogP contribution >= 0.6 is 0 Å². The molecule has 25 heavy (non-hydrogen) atoms.